The maximum atomic E-state index is 13.1. The summed E-state index contributed by atoms with van der Waals surface area (Å²) in [4.78, 5) is 27.3. The molecule has 0 aromatic heterocycles. The third kappa shape index (κ3) is 5.23. The van der Waals surface area contributed by atoms with Crippen LogP contribution >= 0.6 is 0 Å². The smallest absolute Gasteiger partial charge is 0.416 e. The molecule has 2 aromatic carbocycles. The fraction of sp³-hybridized carbons (Fsp3) is 0.417. The van der Waals surface area contributed by atoms with Crippen LogP contribution in [0.1, 0.15) is 50.0 Å². The van der Waals surface area contributed by atoms with Gasteiger partial charge < -0.3 is 15.0 Å². The Hall–Kier alpha value is -3.03. The molecular weight excluding hydrogens is 421 g/mol. The third-order valence-electron chi connectivity index (χ3n) is 5.33. The number of alkyl halides is 3. The molecule has 0 atom stereocenters. The Morgan fingerprint density at radius 1 is 1.16 bits per heavy atom. The Kier molecular flexibility index (Phi) is 6.53. The second kappa shape index (κ2) is 8.84. The van der Waals surface area contributed by atoms with Gasteiger partial charge in [-0.05, 0) is 62.6 Å². The van der Waals surface area contributed by atoms with Crippen LogP contribution in [0.25, 0.3) is 0 Å². The van der Waals surface area contributed by atoms with Gasteiger partial charge in [-0.2, -0.15) is 13.2 Å². The van der Waals surface area contributed by atoms with Crippen molar-refractivity contribution in [3.8, 4) is 5.75 Å². The van der Waals surface area contributed by atoms with E-state index in [4.69, 9.17) is 4.74 Å². The van der Waals surface area contributed by atoms with E-state index < -0.39 is 23.1 Å². The van der Waals surface area contributed by atoms with Gasteiger partial charge in [0, 0.05) is 23.9 Å². The molecule has 1 aliphatic heterocycles. The van der Waals surface area contributed by atoms with Crippen LogP contribution in [0.15, 0.2) is 42.5 Å². The number of nitrogens with zero attached hydrogens (tertiary/aromatic N) is 1. The summed E-state index contributed by atoms with van der Waals surface area (Å²) in [6, 6.07) is 9.01. The standard InChI is InChI=1S/C24H27F3N2O3/c1-15(2)11-12-29-19-10-9-18(13-20(19)32-14-23(3,4)22(29)31)28-21(30)16-5-7-17(8-6-16)24(25,26)27/h5-10,13,15H,11-12,14H2,1-4H3,(H,28,30). The van der Waals surface area contributed by atoms with Crippen LogP contribution in [0, 0.1) is 11.3 Å². The van der Waals surface area contributed by atoms with E-state index in [0.717, 1.165) is 30.7 Å². The molecule has 0 spiro atoms. The third-order valence-corrected chi connectivity index (χ3v) is 5.33. The topological polar surface area (TPSA) is 58.6 Å². The second-order valence-corrected chi connectivity index (χ2v) is 9.02. The Bertz CT molecular complexity index is 999. The Balaban J connectivity index is 1.83. The SMILES string of the molecule is CC(C)CCN1C(=O)C(C)(C)COc2cc(NC(=O)c3ccc(C(F)(F)F)cc3)ccc21. The number of halogens is 3. The molecule has 1 heterocycles. The highest BCUT2D eigenvalue weighted by Gasteiger charge is 2.37. The molecule has 2 amide bonds. The van der Waals surface area contributed by atoms with Crippen molar-refractivity contribution in [1.29, 1.82) is 0 Å². The van der Waals surface area contributed by atoms with Gasteiger partial charge in [0.25, 0.3) is 5.91 Å². The molecule has 2 aromatic rings. The highest BCUT2D eigenvalue weighted by atomic mass is 19.4. The fourth-order valence-corrected chi connectivity index (χ4v) is 3.35. The molecule has 32 heavy (non-hydrogen) atoms. The quantitative estimate of drug-likeness (QED) is 0.633. The zero-order valence-corrected chi connectivity index (χ0v) is 18.5. The summed E-state index contributed by atoms with van der Waals surface area (Å²) in [5.41, 5.74) is -0.372. The molecule has 0 saturated carbocycles. The monoisotopic (exact) mass is 448 g/mol. The van der Waals surface area contributed by atoms with Crippen LogP contribution in [0.2, 0.25) is 0 Å². The number of amides is 2. The molecule has 0 bridgehead atoms. The minimum Gasteiger partial charge on any atom is -0.490 e. The predicted octanol–water partition coefficient (Wildman–Crippen LogP) is 5.76. The van der Waals surface area contributed by atoms with Crippen molar-refractivity contribution in [3.05, 3.63) is 53.6 Å². The molecule has 0 radical (unpaired) electrons. The molecule has 0 fully saturated rings. The van der Waals surface area contributed by atoms with Crippen molar-refractivity contribution in [3.63, 3.8) is 0 Å². The molecule has 8 heteroatoms. The first-order chi connectivity index (χ1) is 14.9. The molecule has 172 valence electrons. The van der Waals surface area contributed by atoms with E-state index in [9.17, 15) is 22.8 Å². The lowest BCUT2D eigenvalue weighted by Gasteiger charge is -2.28. The number of fused-ring (bicyclic) bond motifs is 1. The van der Waals surface area contributed by atoms with Gasteiger partial charge in [0.15, 0.2) is 0 Å². The van der Waals surface area contributed by atoms with Crippen LogP contribution in [0.5, 0.6) is 5.75 Å². The maximum absolute atomic E-state index is 13.1. The molecule has 1 aliphatic rings. The minimum atomic E-state index is -4.46. The first-order valence-electron chi connectivity index (χ1n) is 10.5. The van der Waals surface area contributed by atoms with Crippen molar-refractivity contribution in [2.24, 2.45) is 11.3 Å². The van der Waals surface area contributed by atoms with E-state index in [0.29, 0.717) is 29.6 Å². The van der Waals surface area contributed by atoms with Crippen LogP contribution in [-0.2, 0) is 11.0 Å². The first kappa shape index (κ1) is 23.6. The molecule has 0 aliphatic carbocycles. The Morgan fingerprint density at radius 3 is 2.41 bits per heavy atom. The van der Waals surface area contributed by atoms with E-state index in [1.54, 1.807) is 23.1 Å². The maximum Gasteiger partial charge on any atom is 0.416 e. The van der Waals surface area contributed by atoms with Crippen molar-refractivity contribution in [2.75, 3.05) is 23.4 Å². The van der Waals surface area contributed by atoms with E-state index in [2.05, 4.69) is 19.2 Å². The van der Waals surface area contributed by atoms with Crippen LogP contribution in [0.4, 0.5) is 24.5 Å². The van der Waals surface area contributed by atoms with Gasteiger partial charge in [-0.1, -0.05) is 13.8 Å². The Labute approximate surface area is 185 Å². The number of nitrogens with one attached hydrogen (secondary N) is 1. The number of hydrogen-bond donors (Lipinski definition) is 1. The summed E-state index contributed by atoms with van der Waals surface area (Å²) in [7, 11) is 0. The van der Waals surface area contributed by atoms with Gasteiger partial charge in [0.2, 0.25) is 5.91 Å². The minimum absolute atomic E-state index is 0.0292. The van der Waals surface area contributed by atoms with Gasteiger partial charge in [0.05, 0.1) is 16.7 Å². The number of carbonyl (C=O) groups is 2. The molecule has 1 N–H and O–H groups in total. The zero-order valence-electron chi connectivity index (χ0n) is 18.5. The lowest BCUT2D eigenvalue weighted by atomic mass is 9.92. The zero-order chi connectivity index (χ0) is 23.7. The van der Waals surface area contributed by atoms with Gasteiger partial charge in [-0.15, -0.1) is 0 Å². The van der Waals surface area contributed by atoms with Crippen LogP contribution < -0.4 is 15.0 Å². The van der Waals surface area contributed by atoms with Gasteiger partial charge >= 0.3 is 6.18 Å². The average Bonchev–Trinajstić information content (AvgIpc) is 2.81. The van der Waals surface area contributed by atoms with E-state index in [1.165, 1.54) is 0 Å². The summed E-state index contributed by atoms with van der Waals surface area (Å²) in [5, 5.41) is 2.68. The molecular formula is C24H27F3N2O3. The van der Waals surface area contributed by atoms with Crippen molar-refractivity contribution >= 4 is 23.2 Å². The van der Waals surface area contributed by atoms with Crippen molar-refractivity contribution in [2.45, 2.75) is 40.3 Å². The van der Waals surface area contributed by atoms with Gasteiger partial charge in [-0.3, -0.25) is 9.59 Å². The van der Waals surface area contributed by atoms with E-state index in [-0.39, 0.29) is 18.1 Å². The number of hydrogen-bond acceptors (Lipinski definition) is 3. The highest BCUT2D eigenvalue weighted by molar-refractivity contribution is 6.05. The van der Waals surface area contributed by atoms with Gasteiger partial charge in [-0.25, -0.2) is 0 Å². The first-order valence-corrected chi connectivity index (χ1v) is 10.5. The van der Waals surface area contributed by atoms with E-state index in [1.807, 2.05) is 13.8 Å². The lowest BCUT2D eigenvalue weighted by Crippen LogP contribution is -2.42. The molecule has 5 nitrogen and oxygen atoms in total. The number of anilines is 2. The number of carbonyl (C=O) groups excluding carboxylic acids is 2. The summed E-state index contributed by atoms with van der Waals surface area (Å²) in [6.07, 6.45) is -3.64. The summed E-state index contributed by atoms with van der Waals surface area (Å²) in [6.45, 7) is 8.57. The summed E-state index contributed by atoms with van der Waals surface area (Å²) in [5.74, 6) is 0.317. The van der Waals surface area contributed by atoms with E-state index >= 15 is 0 Å². The van der Waals surface area contributed by atoms with Crippen LogP contribution in [-0.4, -0.2) is 25.0 Å². The molecule has 0 unspecified atom stereocenters. The van der Waals surface area contributed by atoms with Crippen molar-refractivity contribution in [1.82, 2.24) is 0 Å². The Morgan fingerprint density at radius 2 is 1.81 bits per heavy atom. The summed E-state index contributed by atoms with van der Waals surface area (Å²) >= 11 is 0. The van der Waals surface area contributed by atoms with Gasteiger partial charge in [0.1, 0.15) is 12.4 Å². The van der Waals surface area contributed by atoms with Crippen LogP contribution in [0.3, 0.4) is 0 Å². The lowest BCUT2D eigenvalue weighted by molar-refractivity contribution is -0.137. The predicted molar refractivity (Wildman–Crippen MR) is 117 cm³/mol. The fourth-order valence-electron chi connectivity index (χ4n) is 3.35. The van der Waals surface area contributed by atoms with Crippen molar-refractivity contribution < 1.29 is 27.5 Å². The normalized spacial score (nSPS) is 15.8. The largest absolute Gasteiger partial charge is 0.490 e. The number of rotatable bonds is 5. The number of ether oxygens (including phenoxy) is 1. The average molecular weight is 448 g/mol. The second-order valence-electron chi connectivity index (χ2n) is 9.02. The number of benzene rings is 2. The summed E-state index contributed by atoms with van der Waals surface area (Å²) < 4.78 is 44.1. The highest BCUT2D eigenvalue weighted by Crippen LogP contribution is 2.38. The molecule has 0 saturated heterocycles. The molecule has 3 rings (SSSR count).